The van der Waals surface area contributed by atoms with Crippen LogP contribution in [0.5, 0.6) is 0 Å². The van der Waals surface area contributed by atoms with E-state index in [1.807, 2.05) is 6.07 Å². The molecule has 0 bridgehead atoms. The van der Waals surface area contributed by atoms with Gasteiger partial charge in [-0.15, -0.1) is 0 Å². The highest BCUT2D eigenvalue weighted by molar-refractivity contribution is 6.34. The summed E-state index contributed by atoms with van der Waals surface area (Å²) in [5.41, 5.74) is 0.887. The predicted molar refractivity (Wildman–Crippen MR) is 100 cm³/mol. The third kappa shape index (κ3) is 4.35. The zero-order valence-corrected chi connectivity index (χ0v) is 15.5. The number of hydrogen-bond acceptors (Lipinski definition) is 3. The van der Waals surface area contributed by atoms with Gasteiger partial charge in [0.05, 0.1) is 17.2 Å². The van der Waals surface area contributed by atoms with Crippen molar-refractivity contribution >= 4 is 29.3 Å². The highest BCUT2D eigenvalue weighted by Gasteiger charge is 2.39. The first-order valence-electron chi connectivity index (χ1n) is 7.88. The van der Waals surface area contributed by atoms with Gasteiger partial charge in [-0.05, 0) is 29.8 Å². The average Bonchev–Trinajstić information content (AvgIpc) is 3.13. The van der Waals surface area contributed by atoms with Crippen LogP contribution in [0.15, 0.2) is 55.1 Å². The van der Waals surface area contributed by atoms with E-state index in [2.05, 4.69) is 10.1 Å². The molecule has 4 nitrogen and oxygen atoms in total. The number of aromatic nitrogens is 3. The van der Waals surface area contributed by atoms with E-state index >= 15 is 0 Å². The Bertz CT molecular complexity index is 1030. The maximum absolute atomic E-state index is 13.7. The second kappa shape index (κ2) is 8.05. The fourth-order valence-electron chi connectivity index (χ4n) is 2.73. The van der Waals surface area contributed by atoms with E-state index in [0.29, 0.717) is 11.3 Å². The number of alkyl halides is 3. The molecule has 0 saturated carbocycles. The summed E-state index contributed by atoms with van der Waals surface area (Å²) in [7, 11) is 0. The number of nitriles is 1. The Morgan fingerprint density at radius 1 is 1.14 bits per heavy atom. The molecule has 0 saturated heterocycles. The van der Waals surface area contributed by atoms with Crippen molar-refractivity contribution in [2.75, 3.05) is 0 Å². The van der Waals surface area contributed by atoms with Crippen molar-refractivity contribution in [2.24, 2.45) is 0 Å². The van der Waals surface area contributed by atoms with E-state index in [-0.39, 0.29) is 21.2 Å². The molecule has 28 heavy (non-hydrogen) atoms. The predicted octanol–water partition coefficient (Wildman–Crippen LogP) is 5.81. The van der Waals surface area contributed by atoms with Gasteiger partial charge in [0.25, 0.3) is 0 Å². The Morgan fingerprint density at radius 3 is 2.43 bits per heavy atom. The third-order valence-corrected chi connectivity index (χ3v) is 4.34. The molecule has 1 heterocycles. The molecule has 0 spiro atoms. The maximum atomic E-state index is 13.7. The van der Waals surface area contributed by atoms with E-state index in [0.717, 1.165) is 6.08 Å². The maximum Gasteiger partial charge on any atom is 0.399 e. The number of benzene rings is 2. The van der Waals surface area contributed by atoms with Crippen LogP contribution in [0.3, 0.4) is 0 Å². The molecular weight excluding hydrogens is 412 g/mol. The summed E-state index contributed by atoms with van der Waals surface area (Å²) in [4.78, 5) is 3.83. The van der Waals surface area contributed by atoms with E-state index in [1.54, 1.807) is 18.2 Å². The summed E-state index contributed by atoms with van der Waals surface area (Å²) in [6, 6.07) is 10.5. The van der Waals surface area contributed by atoms with Gasteiger partial charge in [-0.2, -0.15) is 23.5 Å². The summed E-state index contributed by atoms with van der Waals surface area (Å²) >= 11 is 11.7. The zero-order chi connectivity index (χ0) is 20.3. The van der Waals surface area contributed by atoms with Crippen LogP contribution >= 0.6 is 23.2 Å². The normalized spacial score (nSPS) is 12.9. The van der Waals surface area contributed by atoms with Crippen LogP contribution in [0.2, 0.25) is 10.0 Å². The fraction of sp³-hybridized carbons (Fsp3) is 0.105. The van der Waals surface area contributed by atoms with Crippen molar-refractivity contribution in [1.29, 1.82) is 5.26 Å². The van der Waals surface area contributed by atoms with Crippen LogP contribution in [0, 0.1) is 11.3 Å². The molecule has 0 aliphatic carbocycles. The summed E-state index contributed by atoms with van der Waals surface area (Å²) in [5, 5.41) is 13.5. The number of halogens is 5. The topological polar surface area (TPSA) is 54.5 Å². The lowest BCUT2D eigenvalue weighted by molar-refractivity contribution is -0.139. The number of para-hydroxylation sites is 1. The van der Waals surface area contributed by atoms with Crippen molar-refractivity contribution in [3.8, 4) is 11.8 Å². The van der Waals surface area contributed by atoms with Crippen LogP contribution in [-0.2, 0) is 0 Å². The molecule has 0 aliphatic heterocycles. The number of hydrogen-bond donors (Lipinski definition) is 0. The highest BCUT2D eigenvalue weighted by Crippen LogP contribution is 2.38. The summed E-state index contributed by atoms with van der Waals surface area (Å²) < 4.78 is 42.4. The minimum atomic E-state index is -4.56. The summed E-state index contributed by atoms with van der Waals surface area (Å²) in [6.45, 7) is 0. The smallest absolute Gasteiger partial charge is 0.223 e. The Morgan fingerprint density at radius 2 is 1.86 bits per heavy atom. The number of rotatable bonds is 4. The van der Waals surface area contributed by atoms with E-state index in [9.17, 15) is 18.4 Å². The Balaban J connectivity index is 2.09. The molecule has 0 fully saturated rings. The van der Waals surface area contributed by atoms with Gasteiger partial charge in [-0.3, -0.25) is 0 Å². The lowest BCUT2D eigenvalue weighted by atomic mass is 9.96. The van der Waals surface area contributed by atoms with Gasteiger partial charge in [0.1, 0.15) is 18.7 Å². The molecule has 1 aromatic heterocycles. The Kier molecular flexibility index (Phi) is 5.73. The second-order valence-electron chi connectivity index (χ2n) is 5.78. The van der Waals surface area contributed by atoms with E-state index < -0.39 is 12.1 Å². The van der Waals surface area contributed by atoms with Crippen LogP contribution < -0.4 is 0 Å². The van der Waals surface area contributed by atoms with Gasteiger partial charge in [0.15, 0.2) is 0 Å². The first kappa shape index (κ1) is 19.9. The van der Waals surface area contributed by atoms with Crippen LogP contribution in [0.1, 0.15) is 22.6 Å². The monoisotopic (exact) mass is 422 g/mol. The zero-order valence-electron chi connectivity index (χ0n) is 14.0. The standard InChI is InChI=1S/C19H11Cl2F3N4/c20-15-6-14(7-16(21)8-15)17(19(22,23)24)5-4-12-2-1-3-13(9-25)18(12)28-11-26-10-27-28/h1-8,10-11,17H. The van der Waals surface area contributed by atoms with Gasteiger partial charge in [-0.1, -0.05) is 47.5 Å². The molecule has 0 amide bonds. The first-order valence-corrected chi connectivity index (χ1v) is 8.64. The van der Waals surface area contributed by atoms with Crippen molar-refractivity contribution in [2.45, 2.75) is 12.1 Å². The molecule has 1 unspecified atom stereocenters. The molecule has 142 valence electrons. The summed E-state index contributed by atoms with van der Waals surface area (Å²) in [6.07, 6.45) is 0.369. The molecule has 3 aromatic rings. The Hall–Kier alpha value is -2.82. The second-order valence-corrected chi connectivity index (χ2v) is 6.65. The van der Waals surface area contributed by atoms with Crippen LogP contribution in [0.25, 0.3) is 11.8 Å². The molecule has 2 aromatic carbocycles. The fourth-order valence-corrected chi connectivity index (χ4v) is 3.27. The Labute approximate surface area is 168 Å². The number of allylic oxidation sites excluding steroid dienone is 1. The molecule has 1 atom stereocenters. The molecule has 0 aliphatic rings. The summed E-state index contributed by atoms with van der Waals surface area (Å²) in [5.74, 6) is -1.93. The SMILES string of the molecule is N#Cc1cccc(C=CC(c2cc(Cl)cc(Cl)c2)C(F)(F)F)c1-n1cncn1. The first-order chi connectivity index (χ1) is 13.3. The van der Waals surface area contributed by atoms with Crippen molar-refractivity contribution in [3.63, 3.8) is 0 Å². The largest absolute Gasteiger partial charge is 0.399 e. The van der Waals surface area contributed by atoms with Crippen molar-refractivity contribution in [3.05, 3.63) is 81.9 Å². The molecule has 0 radical (unpaired) electrons. The quantitative estimate of drug-likeness (QED) is 0.533. The minimum Gasteiger partial charge on any atom is -0.223 e. The van der Waals surface area contributed by atoms with Gasteiger partial charge >= 0.3 is 6.18 Å². The van der Waals surface area contributed by atoms with E-state index in [4.69, 9.17) is 23.2 Å². The number of nitrogens with zero attached hydrogens (tertiary/aromatic N) is 4. The van der Waals surface area contributed by atoms with Crippen LogP contribution in [-0.4, -0.2) is 20.9 Å². The molecule has 3 rings (SSSR count). The molecular formula is C19H11Cl2F3N4. The lowest BCUT2D eigenvalue weighted by Gasteiger charge is -2.18. The van der Waals surface area contributed by atoms with Gasteiger partial charge in [0.2, 0.25) is 0 Å². The average molecular weight is 423 g/mol. The van der Waals surface area contributed by atoms with Crippen LogP contribution in [0.4, 0.5) is 13.2 Å². The van der Waals surface area contributed by atoms with E-state index in [1.165, 1.54) is 41.6 Å². The van der Waals surface area contributed by atoms with Gasteiger partial charge in [0, 0.05) is 15.6 Å². The van der Waals surface area contributed by atoms with Gasteiger partial charge in [-0.25, -0.2) is 9.67 Å². The van der Waals surface area contributed by atoms with Crippen molar-refractivity contribution in [1.82, 2.24) is 14.8 Å². The highest BCUT2D eigenvalue weighted by atomic mass is 35.5. The third-order valence-electron chi connectivity index (χ3n) is 3.90. The minimum absolute atomic E-state index is 0.0833. The lowest BCUT2D eigenvalue weighted by Crippen LogP contribution is -2.19. The molecule has 0 N–H and O–H groups in total. The van der Waals surface area contributed by atoms with Crippen molar-refractivity contribution < 1.29 is 13.2 Å². The van der Waals surface area contributed by atoms with Gasteiger partial charge < -0.3 is 0 Å². The molecule has 9 heteroatoms.